The van der Waals surface area contributed by atoms with Crippen LogP contribution in [0, 0.1) is 0 Å². The van der Waals surface area contributed by atoms with E-state index in [4.69, 9.17) is 10.2 Å². The molecule has 0 radical (unpaired) electrons. The van der Waals surface area contributed by atoms with Crippen molar-refractivity contribution in [2.45, 2.75) is 0 Å². The summed E-state index contributed by atoms with van der Waals surface area (Å²) in [5.41, 5.74) is -0.959. The zero-order chi connectivity index (χ0) is 11.3. The van der Waals surface area contributed by atoms with Crippen molar-refractivity contribution < 1.29 is 24.5 Å². The van der Waals surface area contributed by atoms with Crippen LogP contribution in [-0.2, 0) is 14.3 Å². The molecule has 0 aliphatic carbocycles. The normalized spacial score (nSPS) is 11.2. The fraction of sp³-hybridized carbons (Fsp3) is 0.111. The Bertz CT molecular complexity index is 324. The quantitative estimate of drug-likeness (QED) is 0.229. The fourth-order valence-corrected chi connectivity index (χ4v) is 0.757. The van der Waals surface area contributed by atoms with E-state index in [1.165, 1.54) is 0 Å². The minimum atomic E-state index is -0.977. The second kappa shape index (κ2) is 4.86. The molecule has 14 heavy (non-hydrogen) atoms. The summed E-state index contributed by atoms with van der Waals surface area (Å²) in [6.45, 7) is 6.11. The Balaban J connectivity index is 5.55. The van der Waals surface area contributed by atoms with Gasteiger partial charge in [0.1, 0.15) is 17.1 Å². The number of ether oxygens (including phenoxy) is 1. The number of aliphatic hydroxyl groups excluding tert-OH is 2. The van der Waals surface area contributed by atoms with Crippen LogP contribution in [0.25, 0.3) is 0 Å². The number of aliphatic hydroxyl groups is 2. The first-order valence-corrected chi connectivity index (χ1v) is 3.50. The van der Waals surface area contributed by atoms with E-state index in [1.54, 1.807) is 0 Å². The van der Waals surface area contributed by atoms with Crippen molar-refractivity contribution in [1.82, 2.24) is 0 Å². The van der Waals surface area contributed by atoms with Gasteiger partial charge in [0.25, 0.3) is 0 Å². The predicted molar refractivity (Wildman–Crippen MR) is 48.6 cm³/mol. The van der Waals surface area contributed by atoms with Crippen molar-refractivity contribution in [1.29, 1.82) is 0 Å². The van der Waals surface area contributed by atoms with Gasteiger partial charge in [-0.1, -0.05) is 13.2 Å². The van der Waals surface area contributed by atoms with E-state index >= 15 is 0 Å². The van der Waals surface area contributed by atoms with Crippen LogP contribution in [0.1, 0.15) is 0 Å². The Hall–Kier alpha value is -2.04. The lowest BCUT2D eigenvalue weighted by Crippen LogP contribution is -2.11. The third-order valence-electron chi connectivity index (χ3n) is 1.38. The molecule has 5 nitrogen and oxygen atoms in total. The van der Waals surface area contributed by atoms with E-state index in [0.717, 1.165) is 7.11 Å². The molecule has 0 unspecified atom stereocenters. The van der Waals surface area contributed by atoms with Gasteiger partial charge in [-0.25, -0.2) is 4.79 Å². The highest BCUT2D eigenvalue weighted by Gasteiger charge is 2.20. The van der Waals surface area contributed by atoms with E-state index in [-0.39, 0.29) is 6.29 Å². The number of carbonyl (C=O) groups excluding carboxylic acids is 2. The molecule has 0 heterocycles. The molecule has 0 amide bonds. The average Bonchev–Trinajstić information content (AvgIpc) is 2.11. The van der Waals surface area contributed by atoms with Gasteiger partial charge in [0.05, 0.1) is 12.7 Å². The number of allylic oxidation sites excluding steroid dienone is 1. The van der Waals surface area contributed by atoms with Crippen LogP contribution in [0.4, 0.5) is 0 Å². The van der Waals surface area contributed by atoms with Gasteiger partial charge in [-0.05, 0) is 0 Å². The highest BCUT2D eigenvalue weighted by Crippen LogP contribution is 2.15. The van der Waals surface area contributed by atoms with Crippen molar-refractivity contribution in [2.24, 2.45) is 0 Å². The number of aldehydes is 1. The van der Waals surface area contributed by atoms with Gasteiger partial charge in [0, 0.05) is 0 Å². The van der Waals surface area contributed by atoms with E-state index in [9.17, 15) is 9.59 Å². The van der Waals surface area contributed by atoms with Crippen molar-refractivity contribution in [3.8, 4) is 0 Å². The van der Waals surface area contributed by atoms with E-state index in [2.05, 4.69) is 17.9 Å². The zero-order valence-corrected chi connectivity index (χ0v) is 7.61. The number of hydrogen-bond acceptors (Lipinski definition) is 5. The second-order valence-electron chi connectivity index (χ2n) is 2.29. The molecular formula is C9H10O5. The number of esters is 1. The largest absolute Gasteiger partial charge is 0.508 e. The number of methoxy groups -OCH3 is 1. The van der Waals surface area contributed by atoms with Crippen molar-refractivity contribution >= 4 is 12.3 Å². The van der Waals surface area contributed by atoms with Gasteiger partial charge in [-0.15, -0.1) is 0 Å². The Morgan fingerprint density at radius 1 is 1.29 bits per heavy atom. The van der Waals surface area contributed by atoms with Crippen molar-refractivity contribution in [2.75, 3.05) is 7.11 Å². The van der Waals surface area contributed by atoms with Gasteiger partial charge in [0.2, 0.25) is 0 Å². The summed E-state index contributed by atoms with van der Waals surface area (Å²) >= 11 is 0. The SMILES string of the molecule is C=C(O)/C(C=O)=C(\C(=C)O)C(=O)OC. The molecule has 5 heteroatoms. The van der Waals surface area contributed by atoms with Gasteiger partial charge in [-0.2, -0.15) is 0 Å². The summed E-state index contributed by atoms with van der Waals surface area (Å²) in [5, 5.41) is 17.9. The number of carbonyl (C=O) groups is 2. The maximum absolute atomic E-state index is 11.0. The van der Waals surface area contributed by atoms with Gasteiger partial charge in [0.15, 0.2) is 6.29 Å². The van der Waals surface area contributed by atoms with Crippen molar-refractivity contribution in [3.05, 3.63) is 35.8 Å². The van der Waals surface area contributed by atoms with Crippen LogP contribution in [-0.4, -0.2) is 29.6 Å². The third kappa shape index (κ3) is 2.48. The summed E-state index contributed by atoms with van der Waals surface area (Å²) in [6.07, 6.45) is 0.177. The topological polar surface area (TPSA) is 83.8 Å². The highest BCUT2D eigenvalue weighted by atomic mass is 16.5. The number of hydrogen-bond donors (Lipinski definition) is 2. The van der Waals surface area contributed by atoms with Crippen LogP contribution < -0.4 is 0 Å². The molecule has 0 bridgehead atoms. The Labute approximate surface area is 80.6 Å². The molecule has 0 saturated carbocycles. The highest BCUT2D eigenvalue weighted by molar-refractivity contribution is 6.00. The smallest absolute Gasteiger partial charge is 0.342 e. The average molecular weight is 198 g/mol. The standard InChI is InChI=1S/C9H10O5/c1-5(11)7(4-10)8(6(2)12)9(13)14-3/h4,11-12H,1-2H2,3H3/b8-7+. The Morgan fingerprint density at radius 2 is 1.79 bits per heavy atom. The molecule has 0 aromatic carbocycles. The molecule has 0 aromatic rings. The molecule has 0 aliphatic rings. The van der Waals surface area contributed by atoms with Crippen LogP contribution in [0.5, 0.6) is 0 Å². The second-order valence-corrected chi connectivity index (χ2v) is 2.29. The van der Waals surface area contributed by atoms with Crippen LogP contribution in [0.15, 0.2) is 35.8 Å². The minimum Gasteiger partial charge on any atom is -0.508 e. The van der Waals surface area contributed by atoms with Crippen LogP contribution in [0.3, 0.4) is 0 Å². The molecule has 0 saturated heterocycles. The molecular weight excluding hydrogens is 188 g/mol. The molecule has 2 N–H and O–H groups in total. The lowest BCUT2D eigenvalue weighted by atomic mass is 10.1. The molecule has 0 aromatic heterocycles. The van der Waals surface area contributed by atoms with Crippen LogP contribution in [0.2, 0.25) is 0 Å². The van der Waals surface area contributed by atoms with Gasteiger partial charge >= 0.3 is 5.97 Å². The summed E-state index contributed by atoms with van der Waals surface area (Å²) in [6, 6.07) is 0. The van der Waals surface area contributed by atoms with Crippen molar-refractivity contribution in [3.63, 3.8) is 0 Å². The first-order valence-electron chi connectivity index (χ1n) is 3.50. The van der Waals surface area contributed by atoms with Crippen LogP contribution >= 0.6 is 0 Å². The predicted octanol–water partition coefficient (Wildman–Crippen LogP) is 0.798. The molecule has 0 aliphatic heterocycles. The molecule has 0 rings (SSSR count). The fourth-order valence-electron chi connectivity index (χ4n) is 0.757. The third-order valence-corrected chi connectivity index (χ3v) is 1.38. The monoisotopic (exact) mass is 198 g/mol. The minimum absolute atomic E-state index is 0.177. The first kappa shape index (κ1) is 12.0. The lowest BCUT2D eigenvalue weighted by molar-refractivity contribution is -0.136. The molecule has 0 atom stereocenters. The summed E-state index contributed by atoms with van der Waals surface area (Å²) in [7, 11) is 1.06. The summed E-state index contributed by atoms with van der Waals surface area (Å²) < 4.78 is 4.28. The van der Waals surface area contributed by atoms with E-state index in [0.29, 0.717) is 0 Å². The first-order chi connectivity index (χ1) is 6.45. The van der Waals surface area contributed by atoms with E-state index < -0.39 is 28.6 Å². The molecule has 0 fully saturated rings. The lowest BCUT2D eigenvalue weighted by Gasteiger charge is -2.06. The van der Waals surface area contributed by atoms with Gasteiger partial charge < -0.3 is 14.9 Å². The Morgan fingerprint density at radius 3 is 2.00 bits per heavy atom. The molecule has 76 valence electrons. The van der Waals surface area contributed by atoms with E-state index in [1.807, 2.05) is 0 Å². The molecule has 0 spiro atoms. The number of rotatable bonds is 4. The summed E-state index contributed by atoms with van der Waals surface area (Å²) in [5.74, 6) is -2.29. The maximum Gasteiger partial charge on any atom is 0.342 e. The summed E-state index contributed by atoms with van der Waals surface area (Å²) in [4.78, 5) is 21.5. The maximum atomic E-state index is 11.0. The zero-order valence-electron chi connectivity index (χ0n) is 7.61. The Kier molecular flexibility index (Phi) is 4.15. The van der Waals surface area contributed by atoms with Gasteiger partial charge in [-0.3, -0.25) is 4.79 Å².